The smallest absolute Gasteiger partial charge is 0.418 e. The topological polar surface area (TPSA) is 106 Å². The van der Waals surface area contributed by atoms with Crippen molar-refractivity contribution >= 4 is 14.0 Å². The molecule has 8 nitrogen and oxygen atoms in total. The van der Waals surface area contributed by atoms with E-state index in [1.54, 1.807) is 11.8 Å². The average Bonchev–Trinajstić information content (AvgIpc) is 2.66. The zero-order valence-electron chi connectivity index (χ0n) is 19.6. The van der Waals surface area contributed by atoms with Gasteiger partial charge in [-0.15, -0.1) is 0 Å². The van der Waals surface area contributed by atoms with E-state index >= 15 is 0 Å². The third-order valence-corrected chi connectivity index (χ3v) is 7.46. The molecule has 0 aliphatic carbocycles. The molecule has 1 fully saturated rings. The van der Waals surface area contributed by atoms with Crippen molar-refractivity contribution in [2.45, 2.75) is 70.1 Å². The molecule has 190 valence electrons. The van der Waals surface area contributed by atoms with Crippen molar-refractivity contribution < 1.29 is 38.0 Å². The van der Waals surface area contributed by atoms with E-state index in [9.17, 15) is 33.3 Å². The van der Waals surface area contributed by atoms with Gasteiger partial charge in [0.1, 0.15) is 18.5 Å². The van der Waals surface area contributed by atoms with Gasteiger partial charge in [-0.3, -0.25) is 9.69 Å². The van der Waals surface area contributed by atoms with Crippen LogP contribution in [0, 0.1) is 5.92 Å². The zero-order valence-corrected chi connectivity index (χ0v) is 20.6. The van der Waals surface area contributed by atoms with Gasteiger partial charge in [0, 0.05) is 45.7 Å². The summed E-state index contributed by atoms with van der Waals surface area (Å²) in [5.41, 5.74) is -1.38. The normalized spacial score (nSPS) is 26.0. The van der Waals surface area contributed by atoms with Crippen LogP contribution in [0.2, 0.25) is 25.7 Å². The first-order valence-corrected chi connectivity index (χ1v) is 14.8. The number of hydrogen-bond acceptors (Lipinski definition) is 7. The predicted octanol–water partition coefficient (Wildman–Crippen LogP) is 2.36. The summed E-state index contributed by atoms with van der Waals surface area (Å²) in [4.78, 5) is 13.9. The number of nitrogens with one attached hydrogen (secondary N) is 1. The first-order chi connectivity index (χ1) is 15.2. The Morgan fingerprint density at radius 2 is 2.00 bits per heavy atom. The van der Waals surface area contributed by atoms with Gasteiger partial charge < -0.3 is 30.3 Å². The number of allylic oxidation sites excluding steroid dienone is 1. The van der Waals surface area contributed by atoms with Crippen molar-refractivity contribution in [2.24, 2.45) is 5.92 Å². The third-order valence-electron chi connectivity index (χ3n) is 5.76. The molecule has 12 heteroatoms. The maximum absolute atomic E-state index is 13.8. The van der Waals surface area contributed by atoms with Crippen LogP contribution < -0.4 is 5.32 Å². The van der Waals surface area contributed by atoms with E-state index in [0.29, 0.717) is 26.0 Å². The van der Waals surface area contributed by atoms with Gasteiger partial charge >= 0.3 is 12.1 Å². The minimum absolute atomic E-state index is 0.146. The van der Waals surface area contributed by atoms with Crippen molar-refractivity contribution in [3.63, 3.8) is 0 Å². The number of aliphatic hydroxyl groups is 2. The molecule has 0 bridgehead atoms. The van der Waals surface area contributed by atoms with Crippen LogP contribution in [0.1, 0.15) is 19.8 Å². The second-order valence-electron chi connectivity index (χ2n) is 9.92. The highest BCUT2D eigenvalue weighted by Crippen LogP contribution is 2.34. The number of halogens is 3. The molecule has 2 aliphatic heterocycles. The van der Waals surface area contributed by atoms with Gasteiger partial charge in [-0.05, 0) is 31.9 Å². The summed E-state index contributed by atoms with van der Waals surface area (Å²) in [5.74, 6) is -2.03. The summed E-state index contributed by atoms with van der Waals surface area (Å²) in [6.07, 6.45) is -4.37. The minimum atomic E-state index is -4.78. The Morgan fingerprint density at radius 3 is 2.58 bits per heavy atom. The Bertz CT molecular complexity index is 742. The lowest BCUT2D eigenvalue weighted by Crippen LogP contribution is -2.52. The van der Waals surface area contributed by atoms with Crippen LogP contribution in [0.25, 0.3) is 0 Å². The Labute approximate surface area is 193 Å². The average molecular weight is 496 g/mol. The van der Waals surface area contributed by atoms with E-state index in [1.807, 2.05) is 0 Å². The van der Waals surface area contributed by atoms with Crippen LogP contribution in [0.4, 0.5) is 13.2 Å². The molecular weight excluding hydrogens is 459 g/mol. The lowest BCUT2D eigenvalue weighted by atomic mass is 9.95. The molecule has 4 N–H and O–H groups in total. The maximum atomic E-state index is 13.8. The zero-order chi connectivity index (χ0) is 25.0. The number of carboxylic acids is 1. The SMILES string of the molecule is C[C@@H](CN1CCCC(C(=O)O)C1O)NC1=C(C(F)(F)F)[C@H](O)N(COCC[Si](C)(C)C)C=C1. The van der Waals surface area contributed by atoms with Gasteiger partial charge in [0.2, 0.25) is 0 Å². The van der Waals surface area contributed by atoms with Gasteiger partial charge in [-0.1, -0.05) is 19.6 Å². The second-order valence-corrected chi connectivity index (χ2v) is 15.5. The summed E-state index contributed by atoms with van der Waals surface area (Å²) in [7, 11) is -1.35. The first-order valence-electron chi connectivity index (χ1n) is 11.1. The van der Waals surface area contributed by atoms with Crippen molar-refractivity contribution in [2.75, 3.05) is 26.4 Å². The molecule has 0 amide bonds. The molecule has 0 aromatic heterocycles. The summed E-state index contributed by atoms with van der Waals surface area (Å²) < 4.78 is 46.9. The highest BCUT2D eigenvalue weighted by Gasteiger charge is 2.44. The van der Waals surface area contributed by atoms with E-state index in [4.69, 9.17) is 4.74 Å². The molecule has 33 heavy (non-hydrogen) atoms. The van der Waals surface area contributed by atoms with Crippen LogP contribution in [-0.4, -0.2) is 90.3 Å². The van der Waals surface area contributed by atoms with Crippen molar-refractivity contribution in [1.29, 1.82) is 0 Å². The van der Waals surface area contributed by atoms with E-state index in [0.717, 1.165) is 10.9 Å². The number of rotatable bonds is 10. The fourth-order valence-electron chi connectivity index (χ4n) is 3.90. The van der Waals surface area contributed by atoms with E-state index < -0.39 is 50.2 Å². The molecule has 1 saturated heterocycles. The molecule has 0 aromatic rings. The third kappa shape index (κ3) is 7.99. The van der Waals surface area contributed by atoms with E-state index in [2.05, 4.69) is 25.0 Å². The molecule has 0 radical (unpaired) electrons. The Morgan fingerprint density at radius 1 is 1.33 bits per heavy atom. The van der Waals surface area contributed by atoms with Crippen molar-refractivity contribution in [3.8, 4) is 0 Å². The van der Waals surface area contributed by atoms with E-state index in [1.165, 1.54) is 12.3 Å². The molecule has 2 rings (SSSR count). The Balaban J connectivity index is 2.04. The van der Waals surface area contributed by atoms with Crippen LogP contribution >= 0.6 is 0 Å². The molecule has 2 unspecified atom stereocenters. The monoisotopic (exact) mass is 495 g/mol. The fourth-order valence-corrected chi connectivity index (χ4v) is 4.65. The highest BCUT2D eigenvalue weighted by molar-refractivity contribution is 6.76. The summed E-state index contributed by atoms with van der Waals surface area (Å²) in [5, 5.41) is 32.8. The number of nitrogens with zero attached hydrogens (tertiary/aromatic N) is 2. The van der Waals surface area contributed by atoms with Crippen molar-refractivity contribution in [3.05, 3.63) is 23.5 Å². The van der Waals surface area contributed by atoms with Gasteiger partial charge in [0.05, 0.1) is 5.92 Å². The van der Waals surface area contributed by atoms with Crippen LogP contribution in [0.5, 0.6) is 0 Å². The van der Waals surface area contributed by atoms with Gasteiger partial charge in [0.15, 0.2) is 6.23 Å². The number of alkyl halides is 3. The maximum Gasteiger partial charge on any atom is 0.418 e. The Kier molecular flexibility index (Phi) is 9.39. The highest BCUT2D eigenvalue weighted by atomic mass is 28.3. The molecule has 4 atom stereocenters. The van der Waals surface area contributed by atoms with E-state index in [-0.39, 0.29) is 19.0 Å². The van der Waals surface area contributed by atoms with Crippen LogP contribution in [0.3, 0.4) is 0 Å². The number of piperidine rings is 1. The van der Waals surface area contributed by atoms with Gasteiger partial charge in [0.25, 0.3) is 0 Å². The molecular formula is C21H36F3N3O5Si. The van der Waals surface area contributed by atoms with Gasteiger partial charge in [-0.2, -0.15) is 13.2 Å². The largest absolute Gasteiger partial charge is 0.481 e. The molecule has 0 aromatic carbocycles. The van der Waals surface area contributed by atoms with Gasteiger partial charge in [-0.25, -0.2) is 0 Å². The number of likely N-dealkylation sites (tertiary alicyclic amines) is 1. The first kappa shape index (κ1) is 27.6. The predicted molar refractivity (Wildman–Crippen MR) is 120 cm³/mol. The molecule has 0 saturated carbocycles. The van der Waals surface area contributed by atoms with Crippen molar-refractivity contribution in [1.82, 2.24) is 15.1 Å². The molecule has 2 aliphatic rings. The number of ether oxygens (including phenoxy) is 1. The number of aliphatic carboxylic acids is 1. The lowest BCUT2D eigenvalue weighted by molar-refractivity contribution is -0.156. The minimum Gasteiger partial charge on any atom is -0.481 e. The quantitative estimate of drug-likeness (QED) is 0.270. The summed E-state index contributed by atoms with van der Waals surface area (Å²) in [6, 6.07) is 0.314. The van der Waals surface area contributed by atoms with Crippen LogP contribution in [-0.2, 0) is 9.53 Å². The van der Waals surface area contributed by atoms with Crippen LogP contribution in [0.15, 0.2) is 23.5 Å². The lowest BCUT2D eigenvalue weighted by Gasteiger charge is -2.38. The molecule has 0 spiro atoms. The summed E-state index contributed by atoms with van der Waals surface area (Å²) in [6.45, 7) is 8.98. The second kappa shape index (κ2) is 11.2. The summed E-state index contributed by atoms with van der Waals surface area (Å²) >= 11 is 0. The number of carboxylic acid groups (broad SMARTS) is 1. The molecule has 2 heterocycles. The standard InChI is InChI=1S/C21H36F3N3O5Si/c1-14(12-26-8-5-6-15(18(26)28)20(30)31)25-16-7-9-27(13-32-10-11-33(2,3)4)19(29)17(16)21(22,23)24/h7,9,14-15,18-19,25,28-29H,5-6,8,10-13H2,1-4H3,(H,30,31)/t14-,15?,18?,19-/m0/s1. The number of aliphatic hydroxyl groups excluding tert-OH is 2. The Hall–Kier alpha value is -1.60. The number of carbonyl (C=O) groups is 1. The fraction of sp³-hybridized carbons (Fsp3) is 0.762. The number of hydrogen-bond donors (Lipinski definition) is 4.